The normalized spacial score (nSPS) is 11.2. The van der Waals surface area contributed by atoms with Crippen LogP contribution in [0.25, 0.3) is 0 Å². The molecule has 0 atom stereocenters. The number of nitrogen functional groups attached to an aromatic ring is 1. The lowest BCUT2D eigenvalue weighted by atomic mass is 10.2. The zero-order valence-corrected chi connectivity index (χ0v) is 13.5. The Morgan fingerprint density at radius 2 is 1.84 bits per heavy atom. The average Bonchev–Trinajstić information content (AvgIpc) is 2.89. The van der Waals surface area contributed by atoms with E-state index in [4.69, 9.17) is 10.5 Å². The Kier molecular flexibility index (Phi) is 4.74. The molecule has 3 rings (SSSR count). The van der Waals surface area contributed by atoms with Crippen LogP contribution in [0.5, 0.6) is 5.75 Å². The number of ether oxygens (including phenoxy) is 1. The summed E-state index contributed by atoms with van der Waals surface area (Å²) in [5, 5.41) is 4.22. The van der Waals surface area contributed by atoms with E-state index in [2.05, 4.69) is 10.1 Å². The molecule has 0 saturated carbocycles. The van der Waals surface area contributed by atoms with Crippen LogP contribution < -0.4 is 10.5 Å². The van der Waals surface area contributed by atoms with Gasteiger partial charge in [0.2, 0.25) is 5.95 Å². The minimum Gasteiger partial charge on any atom is -0.489 e. The number of nitrogens with two attached hydrogens (primary N) is 1. The van der Waals surface area contributed by atoms with Gasteiger partial charge >= 0.3 is 0 Å². The maximum absolute atomic E-state index is 13.1. The number of hydrogen-bond acceptors (Lipinski definition) is 4. The van der Waals surface area contributed by atoms with E-state index in [0.717, 1.165) is 17.3 Å². The number of rotatable bonds is 5. The third-order valence-electron chi connectivity index (χ3n) is 3.37. The van der Waals surface area contributed by atoms with Crippen molar-refractivity contribution in [3.63, 3.8) is 0 Å². The van der Waals surface area contributed by atoms with Gasteiger partial charge in [0.1, 0.15) is 24.0 Å². The molecular formula is C18H16F2N4O. The van der Waals surface area contributed by atoms with Crippen LogP contribution in [0, 0.1) is 18.6 Å². The Bertz CT molecular complexity index is 884. The highest BCUT2D eigenvalue weighted by atomic mass is 19.1. The molecule has 1 heterocycles. The van der Waals surface area contributed by atoms with Crippen LogP contribution in [0.1, 0.15) is 16.8 Å². The summed E-state index contributed by atoms with van der Waals surface area (Å²) in [5.74, 6) is -0.353. The van der Waals surface area contributed by atoms with Crippen molar-refractivity contribution in [1.82, 2.24) is 9.66 Å². The molecule has 0 aliphatic rings. The summed E-state index contributed by atoms with van der Waals surface area (Å²) in [7, 11) is 0. The van der Waals surface area contributed by atoms with Crippen molar-refractivity contribution in [2.24, 2.45) is 5.10 Å². The van der Waals surface area contributed by atoms with Gasteiger partial charge in [-0.15, -0.1) is 0 Å². The fourth-order valence-corrected chi connectivity index (χ4v) is 2.24. The molecule has 0 unspecified atom stereocenters. The fraction of sp³-hybridized carbons (Fsp3) is 0.111. The topological polar surface area (TPSA) is 65.4 Å². The second-order valence-electron chi connectivity index (χ2n) is 5.47. The Morgan fingerprint density at radius 3 is 2.44 bits per heavy atom. The molecule has 7 heteroatoms. The van der Waals surface area contributed by atoms with Gasteiger partial charge in [-0.05, 0) is 54.4 Å². The van der Waals surface area contributed by atoms with Crippen molar-refractivity contribution in [2.75, 3.05) is 5.73 Å². The van der Waals surface area contributed by atoms with E-state index in [9.17, 15) is 8.78 Å². The molecule has 2 aromatic carbocycles. The summed E-state index contributed by atoms with van der Waals surface area (Å²) < 4.78 is 33.3. The number of imidazole rings is 1. The van der Waals surface area contributed by atoms with Gasteiger partial charge in [-0.25, -0.2) is 18.4 Å². The number of hydrogen-bond donors (Lipinski definition) is 1. The summed E-state index contributed by atoms with van der Waals surface area (Å²) >= 11 is 0. The zero-order chi connectivity index (χ0) is 17.8. The van der Waals surface area contributed by atoms with Crippen molar-refractivity contribution in [1.29, 1.82) is 0 Å². The smallest absolute Gasteiger partial charge is 0.221 e. The van der Waals surface area contributed by atoms with Gasteiger partial charge in [0.05, 0.1) is 18.1 Å². The first kappa shape index (κ1) is 16.6. The molecule has 3 aromatic rings. The first-order valence-electron chi connectivity index (χ1n) is 7.53. The molecular weight excluding hydrogens is 326 g/mol. The maximum Gasteiger partial charge on any atom is 0.221 e. The minimum absolute atomic E-state index is 0.0764. The van der Waals surface area contributed by atoms with Crippen LogP contribution in [0.3, 0.4) is 0 Å². The molecule has 0 radical (unpaired) electrons. The largest absolute Gasteiger partial charge is 0.489 e. The second kappa shape index (κ2) is 7.12. The van der Waals surface area contributed by atoms with Crippen molar-refractivity contribution < 1.29 is 13.5 Å². The molecule has 0 aliphatic heterocycles. The fourth-order valence-electron chi connectivity index (χ4n) is 2.24. The van der Waals surface area contributed by atoms with Gasteiger partial charge in [-0.3, -0.25) is 0 Å². The molecule has 0 spiro atoms. The Labute approximate surface area is 143 Å². The molecule has 0 bridgehead atoms. The van der Waals surface area contributed by atoms with E-state index in [-0.39, 0.29) is 6.61 Å². The molecule has 128 valence electrons. The standard InChI is InChI=1S/C18H16F2N4O/c1-12-10-24(18(21)23-12)22-9-13-2-4-17(5-3-13)25-11-14-6-15(19)8-16(20)7-14/h2-10H,11H2,1H3,(H2,21,23). The summed E-state index contributed by atoms with van der Waals surface area (Å²) in [5.41, 5.74) is 7.76. The quantitative estimate of drug-likeness (QED) is 0.722. The molecule has 0 fully saturated rings. The molecule has 25 heavy (non-hydrogen) atoms. The van der Waals surface area contributed by atoms with Crippen LogP contribution in [-0.2, 0) is 6.61 Å². The molecule has 0 saturated heterocycles. The predicted octanol–water partition coefficient (Wildman–Crippen LogP) is 3.51. The number of benzene rings is 2. The lowest BCUT2D eigenvalue weighted by Gasteiger charge is -2.07. The van der Waals surface area contributed by atoms with Gasteiger partial charge < -0.3 is 10.5 Å². The SMILES string of the molecule is Cc1cn(N=Cc2ccc(OCc3cc(F)cc(F)c3)cc2)c(N)n1. The lowest BCUT2D eigenvalue weighted by Crippen LogP contribution is -1.98. The molecule has 0 amide bonds. The second-order valence-corrected chi connectivity index (χ2v) is 5.47. The van der Waals surface area contributed by atoms with Gasteiger partial charge in [0, 0.05) is 6.07 Å². The lowest BCUT2D eigenvalue weighted by molar-refractivity contribution is 0.305. The van der Waals surface area contributed by atoms with Crippen LogP contribution >= 0.6 is 0 Å². The van der Waals surface area contributed by atoms with Crippen LogP contribution in [0.2, 0.25) is 0 Å². The van der Waals surface area contributed by atoms with E-state index in [1.54, 1.807) is 24.5 Å². The first-order chi connectivity index (χ1) is 12.0. The van der Waals surface area contributed by atoms with Gasteiger partial charge in [-0.1, -0.05) is 0 Å². The Hall–Kier alpha value is -3.22. The van der Waals surface area contributed by atoms with Crippen LogP contribution in [-0.4, -0.2) is 15.9 Å². The van der Waals surface area contributed by atoms with Crippen molar-refractivity contribution >= 4 is 12.2 Å². The predicted molar refractivity (Wildman–Crippen MR) is 91.5 cm³/mol. The highest BCUT2D eigenvalue weighted by Crippen LogP contribution is 2.15. The van der Waals surface area contributed by atoms with Crippen molar-refractivity contribution in [2.45, 2.75) is 13.5 Å². The maximum atomic E-state index is 13.1. The Balaban J connectivity index is 1.63. The third kappa shape index (κ3) is 4.41. The van der Waals surface area contributed by atoms with Crippen LogP contribution in [0.4, 0.5) is 14.7 Å². The van der Waals surface area contributed by atoms with Crippen molar-refractivity contribution in [3.8, 4) is 5.75 Å². The summed E-state index contributed by atoms with van der Waals surface area (Å²) in [6.07, 6.45) is 3.37. The number of anilines is 1. The minimum atomic E-state index is -0.626. The highest BCUT2D eigenvalue weighted by Gasteiger charge is 2.02. The summed E-state index contributed by atoms with van der Waals surface area (Å²) in [4.78, 5) is 4.06. The van der Waals surface area contributed by atoms with E-state index in [0.29, 0.717) is 17.3 Å². The number of halogens is 2. The van der Waals surface area contributed by atoms with E-state index < -0.39 is 11.6 Å². The summed E-state index contributed by atoms with van der Waals surface area (Å²) in [6, 6.07) is 10.4. The number of nitrogens with zero attached hydrogens (tertiary/aromatic N) is 3. The molecule has 2 N–H and O–H groups in total. The molecule has 1 aromatic heterocycles. The van der Waals surface area contributed by atoms with E-state index >= 15 is 0 Å². The third-order valence-corrected chi connectivity index (χ3v) is 3.37. The van der Waals surface area contributed by atoms with Gasteiger partial charge in [0.15, 0.2) is 0 Å². The summed E-state index contributed by atoms with van der Waals surface area (Å²) in [6.45, 7) is 1.91. The average molecular weight is 342 g/mol. The monoisotopic (exact) mass is 342 g/mol. The highest BCUT2D eigenvalue weighted by molar-refractivity contribution is 5.79. The van der Waals surface area contributed by atoms with E-state index in [1.807, 2.05) is 19.1 Å². The number of aromatic nitrogens is 2. The molecule has 0 aliphatic carbocycles. The Morgan fingerprint density at radius 1 is 1.16 bits per heavy atom. The van der Waals surface area contributed by atoms with Crippen molar-refractivity contribution in [3.05, 3.63) is 77.1 Å². The van der Waals surface area contributed by atoms with Gasteiger partial charge in [-0.2, -0.15) is 5.10 Å². The number of aryl methyl sites for hydroxylation is 1. The van der Waals surface area contributed by atoms with Crippen LogP contribution in [0.15, 0.2) is 53.8 Å². The first-order valence-corrected chi connectivity index (χ1v) is 7.53. The zero-order valence-electron chi connectivity index (χ0n) is 13.5. The molecule has 5 nitrogen and oxygen atoms in total. The van der Waals surface area contributed by atoms with E-state index in [1.165, 1.54) is 16.8 Å². The van der Waals surface area contributed by atoms with Gasteiger partial charge in [0.25, 0.3) is 0 Å².